The number of hydrogen-bond donors (Lipinski definition) is 0. The number of rotatable bonds is 4. The molecule has 0 radical (unpaired) electrons. The topological polar surface area (TPSA) is 27.7 Å². The molecule has 1 rings (SSSR count). The third kappa shape index (κ3) is 3.59. The van der Waals surface area contributed by atoms with Crippen LogP contribution in [0.4, 0.5) is 0 Å². The first kappa shape index (κ1) is 13.2. The average Bonchev–Trinajstić information content (AvgIpc) is 2.22. The van der Waals surface area contributed by atoms with Crippen LogP contribution in [0.2, 0.25) is 10.0 Å². The van der Waals surface area contributed by atoms with E-state index in [2.05, 4.69) is 0 Å². The van der Waals surface area contributed by atoms with Gasteiger partial charge in [-0.1, -0.05) is 23.2 Å². The number of hydrogen-bond acceptors (Lipinski definition) is 4. The predicted octanol–water partition coefficient (Wildman–Crippen LogP) is 3.89. The third-order valence-corrected chi connectivity index (χ3v) is 4.51. The minimum absolute atomic E-state index is 0.367. The van der Waals surface area contributed by atoms with Gasteiger partial charge < -0.3 is 13.6 Å². The Hall–Kier alpha value is 0.170. The summed E-state index contributed by atoms with van der Waals surface area (Å²) in [5, 5.41) is 0.890. The molecule has 0 atom stereocenters. The highest BCUT2D eigenvalue weighted by Crippen LogP contribution is 2.49. The van der Waals surface area contributed by atoms with E-state index < -0.39 is 6.72 Å². The van der Waals surface area contributed by atoms with Gasteiger partial charge in [0.1, 0.15) is 5.75 Å². The fourth-order valence-corrected chi connectivity index (χ4v) is 2.26. The summed E-state index contributed by atoms with van der Waals surface area (Å²) < 4.78 is 15.3. The van der Waals surface area contributed by atoms with Gasteiger partial charge in [-0.25, -0.2) is 0 Å². The molecule has 3 nitrogen and oxygen atoms in total. The summed E-state index contributed by atoms with van der Waals surface area (Å²) in [4.78, 5) is 0. The van der Waals surface area contributed by atoms with E-state index in [4.69, 9.17) is 48.6 Å². The van der Waals surface area contributed by atoms with Crippen LogP contribution in [-0.4, -0.2) is 14.2 Å². The minimum atomic E-state index is -2.74. The maximum absolute atomic E-state index is 5.90. The molecule has 1 aromatic carbocycles. The zero-order valence-electron chi connectivity index (χ0n) is 8.07. The molecular weight excluding hydrogens is 278 g/mol. The highest BCUT2D eigenvalue weighted by Gasteiger charge is 2.19. The van der Waals surface area contributed by atoms with Crippen LogP contribution in [0.25, 0.3) is 0 Å². The molecule has 0 aliphatic heterocycles. The summed E-state index contributed by atoms with van der Waals surface area (Å²) in [6.07, 6.45) is 0. The van der Waals surface area contributed by atoms with E-state index in [0.717, 1.165) is 0 Å². The van der Waals surface area contributed by atoms with E-state index in [9.17, 15) is 0 Å². The molecule has 0 amide bonds. The maximum Gasteiger partial charge on any atom is 0.380 e. The van der Waals surface area contributed by atoms with Crippen molar-refractivity contribution >= 4 is 41.7 Å². The van der Waals surface area contributed by atoms with Crippen LogP contribution >= 0.6 is 29.9 Å². The summed E-state index contributed by atoms with van der Waals surface area (Å²) >= 11 is 16.7. The Kier molecular flexibility index (Phi) is 4.84. The Bertz CT molecular complexity index is 391. The van der Waals surface area contributed by atoms with Gasteiger partial charge in [0.25, 0.3) is 0 Å². The SMILES string of the molecule is COP(=S)(OC)Oc1ccc(Cl)cc1Cl. The molecule has 0 aliphatic carbocycles. The number of benzene rings is 1. The summed E-state index contributed by atoms with van der Waals surface area (Å²) in [7, 11) is 2.85. The van der Waals surface area contributed by atoms with Crippen molar-refractivity contribution in [2.24, 2.45) is 0 Å². The highest BCUT2D eigenvalue weighted by atomic mass is 35.5. The lowest BCUT2D eigenvalue weighted by molar-refractivity contribution is 0.273. The summed E-state index contributed by atoms with van der Waals surface area (Å²) in [6, 6.07) is 4.82. The zero-order chi connectivity index (χ0) is 11.5. The largest absolute Gasteiger partial charge is 0.423 e. The van der Waals surface area contributed by atoms with Gasteiger partial charge in [0.05, 0.1) is 5.02 Å². The molecule has 15 heavy (non-hydrogen) atoms. The molecule has 0 saturated carbocycles. The first-order valence-corrected chi connectivity index (χ1v) is 7.18. The fraction of sp³-hybridized carbons (Fsp3) is 0.250. The lowest BCUT2D eigenvalue weighted by Gasteiger charge is -2.18. The van der Waals surface area contributed by atoms with Crippen molar-refractivity contribution in [3.8, 4) is 5.75 Å². The van der Waals surface area contributed by atoms with Crippen molar-refractivity contribution < 1.29 is 13.6 Å². The normalized spacial score (nSPS) is 11.5. The predicted molar refractivity (Wildman–Crippen MR) is 65.4 cm³/mol. The van der Waals surface area contributed by atoms with Crippen molar-refractivity contribution in [2.45, 2.75) is 0 Å². The van der Waals surface area contributed by atoms with Gasteiger partial charge in [0.2, 0.25) is 0 Å². The molecule has 7 heteroatoms. The second kappa shape index (κ2) is 5.48. The zero-order valence-corrected chi connectivity index (χ0v) is 11.3. The maximum atomic E-state index is 5.90. The molecule has 0 bridgehead atoms. The van der Waals surface area contributed by atoms with Crippen molar-refractivity contribution in [2.75, 3.05) is 14.2 Å². The lowest BCUT2D eigenvalue weighted by atomic mass is 10.3. The minimum Gasteiger partial charge on any atom is -0.423 e. The van der Waals surface area contributed by atoms with E-state index in [1.807, 2.05) is 0 Å². The van der Waals surface area contributed by atoms with Crippen molar-refractivity contribution in [1.29, 1.82) is 0 Å². The molecule has 0 heterocycles. The summed E-state index contributed by atoms with van der Waals surface area (Å²) in [5.74, 6) is 0.396. The van der Waals surface area contributed by atoms with Crippen LogP contribution in [0, 0.1) is 0 Å². The van der Waals surface area contributed by atoms with Gasteiger partial charge in [-0.05, 0) is 18.2 Å². The molecule has 0 N–H and O–H groups in total. The van der Waals surface area contributed by atoms with E-state index in [-0.39, 0.29) is 0 Å². The average molecular weight is 287 g/mol. The van der Waals surface area contributed by atoms with Gasteiger partial charge >= 0.3 is 6.72 Å². The van der Waals surface area contributed by atoms with Gasteiger partial charge in [-0.2, -0.15) is 0 Å². The Morgan fingerprint density at radius 3 is 2.27 bits per heavy atom. The fourth-order valence-electron chi connectivity index (χ4n) is 0.819. The molecule has 0 unspecified atom stereocenters. The molecule has 0 fully saturated rings. The smallest absolute Gasteiger partial charge is 0.380 e. The Labute approximate surface area is 103 Å². The Morgan fingerprint density at radius 1 is 1.20 bits per heavy atom. The molecule has 0 aliphatic rings. The first-order valence-electron chi connectivity index (χ1n) is 3.87. The Balaban J connectivity index is 2.94. The van der Waals surface area contributed by atoms with Gasteiger partial charge in [-0.15, -0.1) is 0 Å². The van der Waals surface area contributed by atoms with Crippen molar-refractivity contribution in [1.82, 2.24) is 0 Å². The molecule has 0 aromatic heterocycles. The second-order valence-corrected chi connectivity index (χ2v) is 6.47. The quantitative estimate of drug-likeness (QED) is 0.785. The van der Waals surface area contributed by atoms with Crippen molar-refractivity contribution in [3.63, 3.8) is 0 Å². The molecular formula is C8H9Cl2O3PS. The third-order valence-electron chi connectivity index (χ3n) is 1.55. The molecule has 0 saturated heterocycles. The standard InChI is InChI=1S/C8H9Cl2O3PS/c1-11-14(15,12-2)13-8-4-3-6(9)5-7(8)10/h3-5H,1-2H3. The Morgan fingerprint density at radius 2 is 1.80 bits per heavy atom. The monoisotopic (exact) mass is 286 g/mol. The van der Waals surface area contributed by atoms with Gasteiger partial charge in [0, 0.05) is 31.0 Å². The van der Waals surface area contributed by atoms with Crippen LogP contribution in [-0.2, 0) is 20.9 Å². The summed E-state index contributed by atoms with van der Waals surface area (Å²) in [5.41, 5.74) is 0. The first-order chi connectivity index (χ1) is 7.00. The van der Waals surface area contributed by atoms with Crippen molar-refractivity contribution in [3.05, 3.63) is 28.2 Å². The van der Waals surface area contributed by atoms with E-state index in [1.54, 1.807) is 18.2 Å². The van der Waals surface area contributed by atoms with Crippen LogP contribution in [0.15, 0.2) is 18.2 Å². The van der Waals surface area contributed by atoms with E-state index in [0.29, 0.717) is 15.8 Å². The molecule has 0 spiro atoms. The van der Waals surface area contributed by atoms with Crippen LogP contribution in [0.3, 0.4) is 0 Å². The van der Waals surface area contributed by atoms with E-state index in [1.165, 1.54) is 14.2 Å². The van der Waals surface area contributed by atoms with Crippen LogP contribution < -0.4 is 4.52 Å². The number of halogens is 2. The van der Waals surface area contributed by atoms with Gasteiger partial charge in [0.15, 0.2) is 0 Å². The summed E-state index contributed by atoms with van der Waals surface area (Å²) in [6.45, 7) is -2.74. The molecule has 84 valence electrons. The van der Waals surface area contributed by atoms with E-state index >= 15 is 0 Å². The highest BCUT2D eigenvalue weighted by molar-refractivity contribution is 8.07. The molecule has 1 aromatic rings. The van der Waals surface area contributed by atoms with Crippen LogP contribution in [0.1, 0.15) is 0 Å². The van der Waals surface area contributed by atoms with Gasteiger partial charge in [-0.3, -0.25) is 0 Å². The second-order valence-electron chi connectivity index (χ2n) is 2.48. The van der Waals surface area contributed by atoms with Crippen LogP contribution in [0.5, 0.6) is 5.75 Å². The lowest BCUT2D eigenvalue weighted by Crippen LogP contribution is -1.97.